The van der Waals surface area contributed by atoms with Crippen molar-refractivity contribution in [3.8, 4) is 17.2 Å². The van der Waals surface area contributed by atoms with Gasteiger partial charge in [0.25, 0.3) is 0 Å². The largest absolute Gasteiger partial charge is 0.335 e. The zero-order valence-corrected chi connectivity index (χ0v) is 13.5. The van der Waals surface area contributed by atoms with Crippen molar-refractivity contribution in [2.75, 3.05) is 0 Å². The maximum Gasteiger partial charge on any atom is 0.238 e. The van der Waals surface area contributed by atoms with Gasteiger partial charge in [-0.2, -0.15) is 4.98 Å². The van der Waals surface area contributed by atoms with Gasteiger partial charge in [0.05, 0.1) is 16.7 Å². The third-order valence-electron chi connectivity index (χ3n) is 4.34. The van der Waals surface area contributed by atoms with Gasteiger partial charge in [-0.15, -0.1) is 0 Å². The molecule has 0 radical (unpaired) electrons. The molecule has 0 amide bonds. The highest BCUT2D eigenvalue weighted by molar-refractivity contribution is 5.91. The van der Waals surface area contributed by atoms with Gasteiger partial charge in [0, 0.05) is 36.6 Å². The summed E-state index contributed by atoms with van der Waals surface area (Å²) in [5.74, 6) is 0.606. The molecular weight excluding hydrogens is 312 g/mol. The van der Waals surface area contributed by atoms with E-state index in [1.54, 1.807) is 18.7 Å². The molecule has 6 heteroatoms. The SMILES string of the molecule is Cn1ccc2c(-c3ccncc3)nc(-n3cnc4ccccc43)nc21. The van der Waals surface area contributed by atoms with E-state index in [0.717, 1.165) is 33.3 Å². The predicted octanol–water partition coefficient (Wildman–Crippen LogP) is 3.37. The maximum absolute atomic E-state index is 4.85. The Balaban J connectivity index is 1.84. The fraction of sp³-hybridized carbons (Fsp3) is 0.0526. The smallest absolute Gasteiger partial charge is 0.238 e. The van der Waals surface area contributed by atoms with Crippen molar-refractivity contribution in [1.82, 2.24) is 29.1 Å². The van der Waals surface area contributed by atoms with E-state index in [2.05, 4.69) is 9.97 Å². The Hall–Kier alpha value is -3.54. The zero-order chi connectivity index (χ0) is 16.8. The first-order chi connectivity index (χ1) is 12.3. The molecule has 4 heterocycles. The van der Waals surface area contributed by atoms with Crippen molar-refractivity contribution in [3.63, 3.8) is 0 Å². The molecule has 4 aromatic heterocycles. The van der Waals surface area contributed by atoms with Crippen molar-refractivity contribution in [2.24, 2.45) is 7.05 Å². The lowest BCUT2D eigenvalue weighted by Gasteiger charge is -2.08. The predicted molar refractivity (Wildman–Crippen MR) is 96.4 cm³/mol. The lowest BCUT2D eigenvalue weighted by molar-refractivity contribution is 0.912. The molecule has 25 heavy (non-hydrogen) atoms. The number of hydrogen-bond donors (Lipinski definition) is 0. The normalized spacial score (nSPS) is 11.4. The van der Waals surface area contributed by atoms with Crippen LogP contribution in [0.15, 0.2) is 67.4 Å². The van der Waals surface area contributed by atoms with Crippen molar-refractivity contribution >= 4 is 22.1 Å². The zero-order valence-electron chi connectivity index (χ0n) is 13.5. The van der Waals surface area contributed by atoms with E-state index in [4.69, 9.17) is 9.97 Å². The van der Waals surface area contributed by atoms with Crippen LogP contribution < -0.4 is 0 Å². The van der Waals surface area contributed by atoms with E-state index in [1.807, 2.05) is 64.8 Å². The fourth-order valence-corrected chi connectivity index (χ4v) is 3.08. The summed E-state index contributed by atoms with van der Waals surface area (Å²) in [6.07, 6.45) is 7.32. The van der Waals surface area contributed by atoms with Crippen LogP contribution in [0, 0.1) is 0 Å². The van der Waals surface area contributed by atoms with E-state index < -0.39 is 0 Å². The highest BCUT2D eigenvalue weighted by Crippen LogP contribution is 2.28. The third-order valence-corrected chi connectivity index (χ3v) is 4.34. The van der Waals surface area contributed by atoms with Gasteiger partial charge in [0.2, 0.25) is 5.95 Å². The van der Waals surface area contributed by atoms with Crippen molar-refractivity contribution in [1.29, 1.82) is 0 Å². The summed E-state index contributed by atoms with van der Waals surface area (Å²) in [7, 11) is 1.99. The lowest BCUT2D eigenvalue weighted by Crippen LogP contribution is -2.03. The van der Waals surface area contributed by atoms with E-state index in [-0.39, 0.29) is 0 Å². The molecule has 6 nitrogen and oxygen atoms in total. The highest BCUT2D eigenvalue weighted by Gasteiger charge is 2.14. The Morgan fingerprint density at radius 2 is 1.76 bits per heavy atom. The molecule has 0 saturated heterocycles. The Morgan fingerprint density at radius 1 is 0.920 bits per heavy atom. The summed E-state index contributed by atoms with van der Waals surface area (Å²) in [5.41, 5.74) is 4.69. The summed E-state index contributed by atoms with van der Waals surface area (Å²) in [6.45, 7) is 0. The summed E-state index contributed by atoms with van der Waals surface area (Å²) in [4.78, 5) is 18.2. The molecule has 0 N–H and O–H groups in total. The lowest BCUT2D eigenvalue weighted by atomic mass is 10.1. The number of para-hydroxylation sites is 2. The quantitative estimate of drug-likeness (QED) is 0.499. The number of rotatable bonds is 2. The van der Waals surface area contributed by atoms with Crippen LogP contribution in [-0.2, 0) is 7.05 Å². The van der Waals surface area contributed by atoms with Crippen LogP contribution in [0.5, 0.6) is 0 Å². The van der Waals surface area contributed by atoms with Crippen molar-refractivity contribution in [2.45, 2.75) is 0 Å². The van der Waals surface area contributed by atoms with E-state index in [1.165, 1.54) is 0 Å². The van der Waals surface area contributed by atoms with E-state index in [9.17, 15) is 0 Å². The fourth-order valence-electron chi connectivity index (χ4n) is 3.08. The Kier molecular flexibility index (Phi) is 2.90. The summed E-state index contributed by atoms with van der Waals surface area (Å²) < 4.78 is 3.93. The van der Waals surface area contributed by atoms with Gasteiger partial charge in [-0.05, 0) is 30.3 Å². The van der Waals surface area contributed by atoms with E-state index >= 15 is 0 Å². The molecule has 0 aliphatic carbocycles. The number of nitrogens with zero attached hydrogens (tertiary/aromatic N) is 6. The second-order valence-electron chi connectivity index (χ2n) is 5.88. The van der Waals surface area contributed by atoms with Crippen LogP contribution in [0.2, 0.25) is 0 Å². The number of fused-ring (bicyclic) bond motifs is 2. The highest BCUT2D eigenvalue weighted by atomic mass is 15.2. The van der Waals surface area contributed by atoms with Gasteiger partial charge < -0.3 is 4.57 Å². The molecule has 5 aromatic rings. The van der Waals surface area contributed by atoms with Crippen LogP contribution in [0.1, 0.15) is 0 Å². The van der Waals surface area contributed by atoms with E-state index in [0.29, 0.717) is 5.95 Å². The topological polar surface area (TPSA) is 61.4 Å². The maximum atomic E-state index is 4.85. The molecule has 0 unspecified atom stereocenters. The van der Waals surface area contributed by atoms with Crippen LogP contribution in [0.25, 0.3) is 39.3 Å². The second kappa shape index (κ2) is 5.24. The second-order valence-corrected chi connectivity index (χ2v) is 5.88. The van der Waals surface area contributed by atoms with Crippen LogP contribution in [-0.4, -0.2) is 29.1 Å². The van der Waals surface area contributed by atoms with Gasteiger partial charge >= 0.3 is 0 Å². The molecule has 1 aromatic carbocycles. The Bertz CT molecular complexity index is 1200. The molecule has 120 valence electrons. The van der Waals surface area contributed by atoms with Crippen molar-refractivity contribution in [3.05, 3.63) is 67.4 Å². The minimum Gasteiger partial charge on any atom is -0.335 e. The molecule has 0 spiro atoms. The molecule has 0 fully saturated rings. The first-order valence-corrected chi connectivity index (χ1v) is 7.97. The average molecular weight is 326 g/mol. The van der Waals surface area contributed by atoms with Crippen LogP contribution >= 0.6 is 0 Å². The van der Waals surface area contributed by atoms with Crippen molar-refractivity contribution < 1.29 is 0 Å². The average Bonchev–Trinajstić information content (AvgIpc) is 3.26. The molecule has 0 saturated carbocycles. The third kappa shape index (κ3) is 2.11. The first-order valence-electron chi connectivity index (χ1n) is 7.97. The molecule has 5 rings (SSSR count). The number of imidazole rings is 1. The minimum absolute atomic E-state index is 0.606. The first kappa shape index (κ1) is 13.9. The summed E-state index contributed by atoms with van der Waals surface area (Å²) in [6, 6.07) is 13.9. The summed E-state index contributed by atoms with van der Waals surface area (Å²) >= 11 is 0. The Morgan fingerprint density at radius 3 is 2.64 bits per heavy atom. The molecule has 0 bridgehead atoms. The van der Waals surface area contributed by atoms with Gasteiger partial charge in [0.1, 0.15) is 12.0 Å². The molecule has 0 atom stereocenters. The molecular formula is C19H14N6. The minimum atomic E-state index is 0.606. The van der Waals surface area contributed by atoms with Crippen LogP contribution in [0.3, 0.4) is 0 Å². The number of pyridine rings is 1. The number of benzene rings is 1. The Labute approximate surface area is 143 Å². The number of hydrogen-bond acceptors (Lipinski definition) is 4. The molecule has 0 aliphatic heterocycles. The van der Waals surface area contributed by atoms with Gasteiger partial charge in [-0.3, -0.25) is 9.55 Å². The number of aryl methyl sites for hydroxylation is 1. The van der Waals surface area contributed by atoms with Gasteiger partial charge in [-0.25, -0.2) is 9.97 Å². The number of aromatic nitrogens is 6. The summed E-state index contributed by atoms with van der Waals surface area (Å²) in [5, 5.41) is 1.02. The standard InChI is InChI=1S/C19H14N6/c1-24-11-8-14-17(13-6-9-20-10-7-13)22-19(23-18(14)24)25-12-21-15-4-2-3-5-16(15)25/h2-12H,1H3. The van der Waals surface area contributed by atoms with Gasteiger partial charge in [0.15, 0.2) is 0 Å². The van der Waals surface area contributed by atoms with Crippen LogP contribution in [0.4, 0.5) is 0 Å². The monoisotopic (exact) mass is 326 g/mol. The molecule has 0 aliphatic rings. The van der Waals surface area contributed by atoms with Gasteiger partial charge in [-0.1, -0.05) is 12.1 Å².